The smallest absolute Gasteiger partial charge is 0.339 e. The quantitative estimate of drug-likeness (QED) is 0.893. The topological polar surface area (TPSA) is 88.0 Å². The molecule has 0 aliphatic heterocycles. The number of rotatable bonds is 4. The van der Waals surface area contributed by atoms with E-state index < -0.39 is 5.97 Å². The van der Waals surface area contributed by atoms with E-state index in [1.54, 1.807) is 18.3 Å². The summed E-state index contributed by atoms with van der Waals surface area (Å²) in [5.74, 6) is -0.615. The second kappa shape index (κ2) is 5.31. The minimum Gasteiger partial charge on any atom is -0.478 e. The van der Waals surface area contributed by atoms with Crippen LogP contribution in [0.4, 0.5) is 5.95 Å². The van der Waals surface area contributed by atoms with E-state index in [1.807, 2.05) is 20.0 Å². The molecule has 0 radical (unpaired) electrons. The maximum Gasteiger partial charge on any atom is 0.339 e. The predicted molar refractivity (Wildman–Crippen MR) is 72.6 cm³/mol. The first-order valence-corrected chi connectivity index (χ1v) is 6.55. The van der Waals surface area contributed by atoms with Gasteiger partial charge < -0.3 is 10.4 Å². The summed E-state index contributed by atoms with van der Waals surface area (Å²) in [6, 6.07) is -0.0196. The van der Waals surface area contributed by atoms with Crippen LogP contribution < -0.4 is 5.32 Å². The number of aromatic nitrogens is 3. The van der Waals surface area contributed by atoms with Crippen LogP contribution in [0.15, 0.2) is 12.4 Å². The van der Waals surface area contributed by atoms with Crippen molar-refractivity contribution in [3.8, 4) is 0 Å². The molecule has 2 aromatic heterocycles. The molecule has 0 aliphatic carbocycles. The molecule has 7 heteroatoms. The highest BCUT2D eigenvalue weighted by atomic mass is 32.1. The third-order valence-electron chi connectivity index (χ3n) is 2.56. The fourth-order valence-corrected chi connectivity index (χ4v) is 2.35. The first-order chi connectivity index (χ1) is 8.97. The fraction of sp³-hybridized carbons (Fsp3) is 0.333. The van der Waals surface area contributed by atoms with Gasteiger partial charge in [0.25, 0.3) is 0 Å². The standard InChI is InChI=1S/C12H14N4O2S/c1-6-4-13-10(19-6)8(3)16-12-14-5-9(11(17)18)7(2)15-12/h4-5,8H,1-3H3,(H,17,18)(H,14,15,16). The minimum absolute atomic E-state index is 0.0196. The lowest BCUT2D eigenvalue weighted by molar-refractivity contribution is 0.0695. The van der Waals surface area contributed by atoms with Gasteiger partial charge in [0.2, 0.25) is 5.95 Å². The van der Waals surface area contributed by atoms with Crippen LogP contribution in [0.1, 0.15) is 38.9 Å². The number of anilines is 1. The molecule has 0 spiro atoms. The van der Waals surface area contributed by atoms with Crippen LogP contribution in [0, 0.1) is 13.8 Å². The molecule has 1 unspecified atom stereocenters. The Labute approximate surface area is 114 Å². The largest absolute Gasteiger partial charge is 0.478 e. The molecule has 0 aromatic carbocycles. The lowest BCUT2D eigenvalue weighted by atomic mass is 10.2. The highest BCUT2D eigenvalue weighted by Gasteiger charge is 2.13. The first-order valence-electron chi connectivity index (χ1n) is 5.73. The number of hydrogen-bond donors (Lipinski definition) is 2. The van der Waals surface area contributed by atoms with Crippen molar-refractivity contribution in [2.45, 2.75) is 26.8 Å². The Balaban J connectivity index is 2.15. The SMILES string of the molecule is Cc1cnc(C(C)Nc2ncc(C(=O)O)c(C)n2)s1. The molecular weight excluding hydrogens is 264 g/mol. The predicted octanol–water partition coefficient (Wildman–Crippen LogP) is 2.42. The second-order valence-corrected chi connectivity index (χ2v) is 5.44. The number of aryl methyl sites for hydroxylation is 2. The van der Waals surface area contributed by atoms with Crippen molar-refractivity contribution in [3.05, 3.63) is 33.5 Å². The highest BCUT2D eigenvalue weighted by molar-refractivity contribution is 7.11. The van der Waals surface area contributed by atoms with Crippen LogP contribution in [-0.2, 0) is 0 Å². The number of nitrogens with zero attached hydrogens (tertiary/aromatic N) is 3. The highest BCUT2D eigenvalue weighted by Crippen LogP contribution is 2.22. The summed E-state index contributed by atoms with van der Waals surface area (Å²) in [6.45, 7) is 5.60. The van der Waals surface area contributed by atoms with Crippen molar-refractivity contribution < 1.29 is 9.90 Å². The number of thiazole rings is 1. The van der Waals surface area contributed by atoms with Gasteiger partial charge >= 0.3 is 5.97 Å². The van der Waals surface area contributed by atoms with Gasteiger partial charge in [-0.25, -0.2) is 19.7 Å². The van der Waals surface area contributed by atoms with Gasteiger partial charge in [0.1, 0.15) is 5.01 Å². The number of carboxylic acid groups (broad SMARTS) is 1. The summed E-state index contributed by atoms with van der Waals surface area (Å²) >= 11 is 1.60. The van der Waals surface area contributed by atoms with E-state index in [9.17, 15) is 4.79 Å². The first kappa shape index (κ1) is 13.4. The van der Waals surface area contributed by atoms with Crippen molar-refractivity contribution in [1.82, 2.24) is 15.0 Å². The number of carbonyl (C=O) groups is 1. The fourth-order valence-electron chi connectivity index (χ4n) is 1.57. The van der Waals surface area contributed by atoms with E-state index in [0.29, 0.717) is 11.6 Å². The molecule has 0 saturated heterocycles. The van der Waals surface area contributed by atoms with Crippen LogP contribution in [-0.4, -0.2) is 26.0 Å². The molecule has 2 N–H and O–H groups in total. The Morgan fingerprint density at radius 1 is 1.37 bits per heavy atom. The Kier molecular flexibility index (Phi) is 3.75. The molecule has 0 amide bonds. The zero-order chi connectivity index (χ0) is 14.0. The zero-order valence-electron chi connectivity index (χ0n) is 10.8. The average Bonchev–Trinajstić information content (AvgIpc) is 2.75. The summed E-state index contributed by atoms with van der Waals surface area (Å²) in [7, 11) is 0. The number of carboxylic acids is 1. The molecule has 2 rings (SSSR count). The van der Waals surface area contributed by atoms with Crippen LogP contribution in [0.2, 0.25) is 0 Å². The summed E-state index contributed by atoms with van der Waals surface area (Å²) in [4.78, 5) is 24.4. The van der Waals surface area contributed by atoms with Gasteiger partial charge in [-0.15, -0.1) is 11.3 Å². The van der Waals surface area contributed by atoms with Crippen molar-refractivity contribution >= 4 is 23.3 Å². The maximum absolute atomic E-state index is 10.9. The van der Waals surface area contributed by atoms with Crippen molar-refractivity contribution in [2.24, 2.45) is 0 Å². The van der Waals surface area contributed by atoms with Gasteiger partial charge in [-0.05, 0) is 20.8 Å². The lowest BCUT2D eigenvalue weighted by Gasteiger charge is -2.11. The van der Waals surface area contributed by atoms with Gasteiger partial charge in [-0.3, -0.25) is 0 Å². The summed E-state index contributed by atoms with van der Waals surface area (Å²) < 4.78 is 0. The second-order valence-electron chi connectivity index (χ2n) is 4.17. The molecule has 19 heavy (non-hydrogen) atoms. The van der Waals surface area contributed by atoms with E-state index in [1.165, 1.54) is 6.20 Å². The Hall–Kier alpha value is -2.02. The van der Waals surface area contributed by atoms with Crippen molar-refractivity contribution in [2.75, 3.05) is 5.32 Å². The molecule has 0 bridgehead atoms. The van der Waals surface area contributed by atoms with E-state index in [4.69, 9.17) is 5.11 Å². The Bertz CT molecular complexity index is 612. The molecule has 2 aromatic rings. The van der Waals surface area contributed by atoms with E-state index in [0.717, 1.165) is 9.88 Å². The van der Waals surface area contributed by atoms with Gasteiger partial charge in [-0.2, -0.15) is 0 Å². The Morgan fingerprint density at radius 2 is 2.11 bits per heavy atom. The van der Waals surface area contributed by atoms with Crippen LogP contribution in [0.3, 0.4) is 0 Å². The normalized spacial score (nSPS) is 12.2. The number of nitrogens with one attached hydrogen (secondary N) is 1. The molecule has 6 nitrogen and oxygen atoms in total. The van der Waals surface area contributed by atoms with Crippen LogP contribution >= 0.6 is 11.3 Å². The summed E-state index contributed by atoms with van der Waals surface area (Å²) in [5.41, 5.74) is 0.552. The zero-order valence-corrected chi connectivity index (χ0v) is 11.7. The van der Waals surface area contributed by atoms with Gasteiger partial charge in [0.15, 0.2) is 0 Å². The molecule has 100 valence electrons. The van der Waals surface area contributed by atoms with Crippen molar-refractivity contribution in [3.63, 3.8) is 0 Å². The molecule has 0 aliphatic rings. The molecular formula is C12H14N4O2S. The van der Waals surface area contributed by atoms with Crippen LogP contribution in [0.5, 0.6) is 0 Å². The Morgan fingerprint density at radius 3 is 2.63 bits per heavy atom. The third kappa shape index (κ3) is 3.05. The minimum atomic E-state index is -1.02. The van der Waals surface area contributed by atoms with Gasteiger partial charge in [0, 0.05) is 17.3 Å². The molecule has 0 saturated carbocycles. The molecule has 2 heterocycles. The van der Waals surface area contributed by atoms with Crippen LogP contribution in [0.25, 0.3) is 0 Å². The van der Waals surface area contributed by atoms with Gasteiger partial charge in [0.05, 0.1) is 17.3 Å². The maximum atomic E-state index is 10.9. The number of aromatic carboxylic acids is 1. The summed E-state index contributed by atoms with van der Waals surface area (Å²) in [5, 5.41) is 13.0. The van der Waals surface area contributed by atoms with Gasteiger partial charge in [-0.1, -0.05) is 0 Å². The molecule has 1 atom stereocenters. The van der Waals surface area contributed by atoms with E-state index in [-0.39, 0.29) is 11.6 Å². The monoisotopic (exact) mass is 278 g/mol. The van der Waals surface area contributed by atoms with E-state index >= 15 is 0 Å². The molecule has 0 fully saturated rings. The summed E-state index contributed by atoms with van der Waals surface area (Å²) in [6.07, 6.45) is 3.13. The third-order valence-corrected chi connectivity index (χ3v) is 3.66. The number of hydrogen-bond acceptors (Lipinski definition) is 6. The van der Waals surface area contributed by atoms with E-state index in [2.05, 4.69) is 20.3 Å². The average molecular weight is 278 g/mol. The van der Waals surface area contributed by atoms with Crippen molar-refractivity contribution in [1.29, 1.82) is 0 Å². The lowest BCUT2D eigenvalue weighted by Crippen LogP contribution is -2.11.